The van der Waals surface area contributed by atoms with Crippen molar-refractivity contribution < 1.29 is 29.6 Å². The summed E-state index contributed by atoms with van der Waals surface area (Å²) in [6, 6.07) is 0. The van der Waals surface area contributed by atoms with E-state index in [4.69, 9.17) is 14.3 Å². The molecule has 0 aromatic heterocycles. The predicted octanol–water partition coefficient (Wildman–Crippen LogP) is -1.36. The van der Waals surface area contributed by atoms with Gasteiger partial charge in [0.25, 0.3) is 0 Å². The van der Waals surface area contributed by atoms with Crippen LogP contribution in [0.3, 0.4) is 0 Å². The molecule has 16 heavy (non-hydrogen) atoms. The first-order valence-electron chi connectivity index (χ1n) is 5.24. The van der Waals surface area contributed by atoms with Crippen LogP contribution in [0.5, 0.6) is 0 Å². The average Bonchev–Trinajstić information content (AvgIpc) is 2.17. The molecule has 1 aliphatic heterocycles. The molecule has 0 spiro atoms. The summed E-state index contributed by atoms with van der Waals surface area (Å²) >= 11 is 0. The molecule has 5 unspecified atom stereocenters. The molecule has 0 aromatic carbocycles. The normalized spacial score (nSPS) is 41.1. The summed E-state index contributed by atoms with van der Waals surface area (Å²) < 4.78 is 10.7. The minimum Gasteiger partial charge on any atom is -0.394 e. The second-order valence-corrected chi connectivity index (χ2v) is 9.39. The van der Waals surface area contributed by atoms with Crippen LogP contribution >= 0.6 is 0 Å². The van der Waals surface area contributed by atoms with E-state index in [0.29, 0.717) is 0 Å². The minimum absolute atomic E-state index is 0.434. The van der Waals surface area contributed by atoms with E-state index in [2.05, 4.69) is 0 Å². The van der Waals surface area contributed by atoms with Crippen molar-refractivity contribution >= 4 is 8.32 Å². The zero-order valence-electron chi connectivity index (χ0n) is 9.70. The highest BCUT2D eigenvalue weighted by atomic mass is 28.4. The maximum Gasteiger partial charge on any atom is 0.187 e. The van der Waals surface area contributed by atoms with Crippen molar-refractivity contribution in [3.8, 4) is 0 Å². The Hall–Kier alpha value is -0.0231. The van der Waals surface area contributed by atoms with E-state index in [1.807, 2.05) is 19.6 Å². The van der Waals surface area contributed by atoms with Crippen molar-refractivity contribution in [3.63, 3.8) is 0 Å². The number of hydrogen-bond donors (Lipinski definition) is 4. The quantitative estimate of drug-likeness (QED) is 0.463. The maximum absolute atomic E-state index is 9.67. The Morgan fingerprint density at radius 2 is 1.62 bits per heavy atom. The lowest BCUT2D eigenvalue weighted by atomic mass is 10.00. The second-order valence-electron chi connectivity index (χ2n) is 4.93. The van der Waals surface area contributed by atoms with Gasteiger partial charge in [0.15, 0.2) is 14.6 Å². The largest absolute Gasteiger partial charge is 0.394 e. The molecule has 0 aromatic rings. The van der Waals surface area contributed by atoms with Crippen molar-refractivity contribution in [2.24, 2.45) is 0 Å². The van der Waals surface area contributed by atoms with Crippen molar-refractivity contribution in [1.82, 2.24) is 0 Å². The summed E-state index contributed by atoms with van der Waals surface area (Å²) in [6.07, 6.45) is -5.90. The molecule has 0 bridgehead atoms. The summed E-state index contributed by atoms with van der Waals surface area (Å²) in [7, 11) is -1.94. The molecular weight excluding hydrogens is 232 g/mol. The number of aliphatic hydroxyl groups is 4. The predicted molar refractivity (Wildman–Crippen MR) is 58.2 cm³/mol. The van der Waals surface area contributed by atoms with Crippen LogP contribution < -0.4 is 0 Å². The molecule has 5 atom stereocenters. The molecule has 1 rings (SSSR count). The summed E-state index contributed by atoms with van der Waals surface area (Å²) in [5.74, 6) is 0. The molecule has 6 nitrogen and oxygen atoms in total. The van der Waals surface area contributed by atoms with Gasteiger partial charge in [-0.05, 0) is 19.6 Å². The summed E-state index contributed by atoms with van der Waals surface area (Å²) in [4.78, 5) is 0. The van der Waals surface area contributed by atoms with Crippen LogP contribution in [0.4, 0.5) is 0 Å². The Bertz CT molecular complexity index is 229. The van der Waals surface area contributed by atoms with Crippen LogP contribution in [0.15, 0.2) is 0 Å². The van der Waals surface area contributed by atoms with E-state index in [0.717, 1.165) is 0 Å². The third kappa shape index (κ3) is 3.23. The number of rotatable bonds is 3. The Morgan fingerprint density at radius 1 is 1.06 bits per heavy atom. The minimum atomic E-state index is -1.94. The van der Waals surface area contributed by atoms with Crippen molar-refractivity contribution in [2.45, 2.75) is 50.3 Å². The van der Waals surface area contributed by atoms with Crippen molar-refractivity contribution in [1.29, 1.82) is 0 Å². The molecule has 0 saturated carbocycles. The highest BCUT2D eigenvalue weighted by Crippen LogP contribution is 2.24. The topological polar surface area (TPSA) is 99.4 Å². The molecule has 1 saturated heterocycles. The molecule has 96 valence electrons. The molecule has 0 radical (unpaired) electrons. The molecular formula is C9H20O6Si. The van der Waals surface area contributed by atoms with Crippen LogP contribution in [0.2, 0.25) is 19.6 Å². The van der Waals surface area contributed by atoms with Gasteiger partial charge in [-0.2, -0.15) is 0 Å². The molecule has 7 heteroatoms. The van der Waals surface area contributed by atoms with Gasteiger partial charge in [-0.15, -0.1) is 0 Å². The second kappa shape index (κ2) is 5.09. The Kier molecular flexibility index (Phi) is 4.47. The van der Waals surface area contributed by atoms with Crippen molar-refractivity contribution in [2.75, 3.05) is 6.61 Å². The number of hydrogen-bond acceptors (Lipinski definition) is 6. The summed E-state index contributed by atoms with van der Waals surface area (Å²) in [5, 5.41) is 37.7. The zero-order valence-corrected chi connectivity index (χ0v) is 10.7. The van der Waals surface area contributed by atoms with Gasteiger partial charge in [0.05, 0.1) is 6.61 Å². The van der Waals surface area contributed by atoms with Gasteiger partial charge in [-0.25, -0.2) is 0 Å². The number of ether oxygens (including phenoxy) is 1. The lowest BCUT2D eigenvalue weighted by Gasteiger charge is -2.41. The highest BCUT2D eigenvalue weighted by molar-refractivity contribution is 6.69. The average molecular weight is 252 g/mol. The third-order valence-electron chi connectivity index (χ3n) is 2.32. The van der Waals surface area contributed by atoms with Gasteiger partial charge in [-0.1, -0.05) is 0 Å². The Labute approximate surface area is 95.6 Å². The van der Waals surface area contributed by atoms with E-state index >= 15 is 0 Å². The van der Waals surface area contributed by atoms with E-state index < -0.39 is 45.6 Å². The molecule has 1 aliphatic rings. The standard InChI is InChI=1S/C9H20O6Si/c1-16(2,3)15-9-8(13)7(12)6(11)5(4-10)14-9/h5-13H,4H2,1-3H3. The van der Waals surface area contributed by atoms with E-state index in [9.17, 15) is 15.3 Å². The van der Waals surface area contributed by atoms with Crippen LogP contribution in [0, 0.1) is 0 Å². The fourth-order valence-electron chi connectivity index (χ4n) is 1.51. The molecule has 4 N–H and O–H groups in total. The first-order chi connectivity index (χ1) is 7.26. The lowest BCUT2D eigenvalue weighted by molar-refractivity contribution is -0.280. The zero-order chi connectivity index (χ0) is 12.5. The van der Waals surface area contributed by atoms with Gasteiger partial charge in [0.1, 0.15) is 24.4 Å². The molecule has 1 fully saturated rings. The highest BCUT2D eigenvalue weighted by Gasteiger charge is 2.45. The maximum atomic E-state index is 9.67. The number of aliphatic hydroxyl groups excluding tert-OH is 4. The summed E-state index contributed by atoms with van der Waals surface area (Å²) in [6.45, 7) is 5.30. The van der Waals surface area contributed by atoms with Crippen LogP contribution in [0.1, 0.15) is 0 Å². The van der Waals surface area contributed by atoms with Crippen LogP contribution in [0.25, 0.3) is 0 Å². The van der Waals surface area contributed by atoms with Gasteiger partial charge >= 0.3 is 0 Å². The van der Waals surface area contributed by atoms with E-state index in [1.165, 1.54) is 0 Å². The third-order valence-corrected chi connectivity index (χ3v) is 3.26. The monoisotopic (exact) mass is 252 g/mol. The smallest absolute Gasteiger partial charge is 0.187 e. The first-order valence-corrected chi connectivity index (χ1v) is 8.65. The van der Waals surface area contributed by atoms with Crippen LogP contribution in [-0.4, -0.2) is 66.1 Å². The van der Waals surface area contributed by atoms with E-state index in [-0.39, 0.29) is 0 Å². The van der Waals surface area contributed by atoms with Gasteiger partial charge in [-0.3, -0.25) is 0 Å². The lowest BCUT2D eigenvalue weighted by Crippen LogP contribution is -2.60. The van der Waals surface area contributed by atoms with Gasteiger partial charge in [0.2, 0.25) is 0 Å². The van der Waals surface area contributed by atoms with E-state index in [1.54, 1.807) is 0 Å². The van der Waals surface area contributed by atoms with Gasteiger partial charge in [0, 0.05) is 0 Å². The molecule has 0 aliphatic carbocycles. The van der Waals surface area contributed by atoms with Gasteiger partial charge < -0.3 is 29.6 Å². The van der Waals surface area contributed by atoms with Crippen molar-refractivity contribution in [3.05, 3.63) is 0 Å². The SMILES string of the molecule is C[Si](C)(C)OC1OC(CO)C(O)C(O)C1O. The molecule has 1 heterocycles. The first kappa shape index (κ1) is 14.0. The fourth-order valence-corrected chi connectivity index (χ4v) is 2.41. The summed E-state index contributed by atoms with van der Waals surface area (Å²) in [5.41, 5.74) is 0. The van der Waals surface area contributed by atoms with Crippen LogP contribution in [-0.2, 0) is 9.16 Å². The molecule has 0 amide bonds. The Morgan fingerprint density at radius 3 is 2.06 bits per heavy atom. The fraction of sp³-hybridized carbons (Fsp3) is 1.00. The Balaban J connectivity index is 2.71.